The molecular weight excluding hydrogens is 238 g/mol. The number of ether oxygens (including phenoxy) is 1. The lowest BCUT2D eigenvalue weighted by molar-refractivity contribution is 0.0513. The topological polar surface area (TPSA) is 41.5 Å². The van der Waals surface area contributed by atoms with Gasteiger partial charge in [-0.25, -0.2) is 0 Å². The molecule has 0 aliphatic heterocycles. The summed E-state index contributed by atoms with van der Waals surface area (Å²) in [7, 11) is 1.66. The van der Waals surface area contributed by atoms with Crippen molar-refractivity contribution in [1.82, 2.24) is 5.32 Å². The van der Waals surface area contributed by atoms with E-state index >= 15 is 0 Å². The highest BCUT2D eigenvalue weighted by Gasteiger charge is 2.20. The lowest BCUT2D eigenvalue weighted by Gasteiger charge is -2.24. The van der Waals surface area contributed by atoms with Crippen LogP contribution >= 0.6 is 0 Å². The molecule has 3 nitrogen and oxygen atoms in total. The lowest BCUT2D eigenvalue weighted by Crippen LogP contribution is -2.33. The van der Waals surface area contributed by atoms with Gasteiger partial charge in [-0.3, -0.25) is 0 Å². The summed E-state index contributed by atoms with van der Waals surface area (Å²) >= 11 is 0. The van der Waals surface area contributed by atoms with Gasteiger partial charge in [-0.05, 0) is 50.0 Å². The molecule has 0 heterocycles. The molecule has 1 rings (SSSR count). The van der Waals surface area contributed by atoms with Crippen LogP contribution in [0.3, 0.4) is 0 Å². The lowest BCUT2D eigenvalue weighted by atomic mass is 9.93. The summed E-state index contributed by atoms with van der Waals surface area (Å²) in [5, 5.41) is 13.8. The van der Waals surface area contributed by atoms with Crippen LogP contribution in [-0.2, 0) is 6.42 Å². The largest absolute Gasteiger partial charge is 0.497 e. The van der Waals surface area contributed by atoms with Crippen LogP contribution in [0.25, 0.3) is 0 Å². The van der Waals surface area contributed by atoms with Gasteiger partial charge in [0.15, 0.2) is 0 Å². The minimum atomic E-state index is -0.684. The van der Waals surface area contributed by atoms with Gasteiger partial charge in [0.25, 0.3) is 0 Å². The summed E-state index contributed by atoms with van der Waals surface area (Å²) in [6.07, 6.45) is 1.39. The Bertz CT molecular complexity index is 375. The van der Waals surface area contributed by atoms with Crippen molar-refractivity contribution in [3.8, 4) is 5.75 Å². The van der Waals surface area contributed by atoms with E-state index in [4.69, 9.17) is 4.74 Å². The van der Waals surface area contributed by atoms with Crippen LogP contribution < -0.4 is 10.1 Å². The number of rotatable bonds is 8. The molecule has 1 unspecified atom stereocenters. The van der Waals surface area contributed by atoms with Gasteiger partial charge in [0.05, 0.1) is 12.7 Å². The predicted molar refractivity (Wildman–Crippen MR) is 79.6 cm³/mol. The van der Waals surface area contributed by atoms with Gasteiger partial charge in [-0.2, -0.15) is 0 Å². The number of aliphatic hydroxyl groups is 1. The average molecular weight is 265 g/mol. The number of benzene rings is 1. The van der Waals surface area contributed by atoms with Crippen LogP contribution in [0, 0.1) is 5.92 Å². The summed E-state index contributed by atoms with van der Waals surface area (Å²) < 4.78 is 5.20. The summed E-state index contributed by atoms with van der Waals surface area (Å²) in [6, 6.07) is 7.89. The second-order valence-corrected chi connectivity index (χ2v) is 5.87. The molecule has 108 valence electrons. The first-order valence-corrected chi connectivity index (χ1v) is 6.99. The Morgan fingerprint density at radius 3 is 2.74 bits per heavy atom. The standard InChI is InChI=1S/C16H27NO2/c1-13(2)12-17-9-8-16(3,18)11-14-6-5-7-15(10-14)19-4/h5-7,10,13,17-18H,8-9,11-12H2,1-4H3. The summed E-state index contributed by atoms with van der Waals surface area (Å²) in [6.45, 7) is 8.09. The molecule has 19 heavy (non-hydrogen) atoms. The summed E-state index contributed by atoms with van der Waals surface area (Å²) in [4.78, 5) is 0. The van der Waals surface area contributed by atoms with Crippen LogP contribution in [0.15, 0.2) is 24.3 Å². The molecule has 0 aliphatic carbocycles. The molecule has 1 aromatic rings. The normalized spacial score (nSPS) is 14.4. The Kier molecular flexibility index (Phi) is 6.32. The third-order valence-corrected chi connectivity index (χ3v) is 3.11. The molecule has 3 heteroatoms. The second-order valence-electron chi connectivity index (χ2n) is 5.87. The Labute approximate surface area is 117 Å². The Hall–Kier alpha value is -1.06. The molecule has 0 aromatic heterocycles. The maximum Gasteiger partial charge on any atom is 0.119 e. The Balaban J connectivity index is 2.44. The Morgan fingerprint density at radius 2 is 2.11 bits per heavy atom. The van der Waals surface area contributed by atoms with E-state index in [1.54, 1.807) is 7.11 Å². The number of hydrogen-bond donors (Lipinski definition) is 2. The van der Waals surface area contributed by atoms with Crippen LogP contribution in [0.4, 0.5) is 0 Å². The fourth-order valence-corrected chi connectivity index (χ4v) is 2.06. The SMILES string of the molecule is COc1cccc(CC(C)(O)CCNCC(C)C)c1. The van der Waals surface area contributed by atoms with Crippen molar-refractivity contribution in [3.05, 3.63) is 29.8 Å². The quantitative estimate of drug-likeness (QED) is 0.710. The van der Waals surface area contributed by atoms with E-state index in [2.05, 4.69) is 19.2 Å². The average Bonchev–Trinajstić information content (AvgIpc) is 2.34. The van der Waals surface area contributed by atoms with Crippen LogP contribution in [0.1, 0.15) is 32.8 Å². The second kappa shape index (κ2) is 7.51. The van der Waals surface area contributed by atoms with Gasteiger partial charge in [-0.1, -0.05) is 26.0 Å². The van der Waals surface area contributed by atoms with Crippen LogP contribution in [-0.4, -0.2) is 30.9 Å². The van der Waals surface area contributed by atoms with Gasteiger partial charge in [0.1, 0.15) is 5.75 Å². The van der Waals surface area contributed by atoms with E-state index in [-0.39, 0.29) is 0 Å². The first-order valence-electron chi connectivity index (χ1n) is 6.99. The zero-order valence-electron chi connectivity index (χ0n) is 12.6. The molecule has 0 spiro atoms. The van der Waals surface area contributed by atoms with Crippen molar-refractivity contribution in [1.29, 1.82) is 0 Å². The van der Waals surface area contributed by atoms with Crippen molar-refractivity contribution in [2.45, 2.75) is 39.2 Å². The first-order chi connectivity index (χ1) is 8.93. The summed E-state index contributed by atoms with van der Waals surface area (Å²) in [5.41, 5.74) is 0.421. The molecule has 0 radical (unpaired) electrons. The highest BCUT2D eigenvalue weighted by molar-refractivity contribution is 5.29. The molecule has 1 aromatic carbocycles. The van der Waals surface area contributed by atoms with Crippen molar-refractivity contribution in [3.63, 3.8) is 0 Å². The first kappa shape index (κ1) is 16.0. The van der Waals surface area contributed by atoms with E-state index in [9.17, 15) is 5.11 Å². The fraction of sp³-hybridized carbons (Fsp3) is 0.625. The zero-order valence-corrected chi connectivity index (χ0v) is 12.6. The third kappa shape index (κ3) is 6.60. The molecule has 2 N–H and O–H groups in total. The van der Waals surface area contributed by atoms with Crippen molar-refractivity contribution in [2.24, 2.45) is 5.92 Å². The van der Waals surface area contributed by atoms with Gasteiger partial charge in [-0.15, -0.1) is 0 Å². The maximum atomic E-state index is 10.4. The van der Waals surface area contributed by atoms with Gasteiger partial charge >= 0.3 is 0 Å². The van der Waals surface area contributed by atoms with Gasteiger partial charge in [0, 0.05) is 6.42 Å². The smallest absolute Gasteiger partial charge is 0.119 e. The van der Waals surface area contributed by atoms with E-state index in [1.165, 1.54) is 0 Å². The molecule has 0 fully saturated rings. The molecule has 0 amide bonds. The van der Waals surface area contributed by atoms with E-state index < -0.39 is 5.60 Å². The molecule has 0 bridgehead atoms. The minimum absolute atomic E-state index is 0.642. The van der Waals surface area contributed by atoms with Gasteiger partial charge < -0.3 is 15.2 Å². The number of nitrogens with one attached hydrogen (secondary N) is 1. The van der Waals surface area contributed by atoms with Crippen LogP contribution in [0.5, 0.6) is 5.75 Å². The zero-order chi connectivity index (χ0) is 14.3. The van der Waals surface area contributed by atoms with Crippen LogP contribution in [0.2, 0.25) is 0 Å². The van der Waals surface area contributed by atoms with Crippen molar-refractivity contribution >= 4 is 0 Å². The molecule has 0 saturated carbocycles. The van der Waals surface area contributed by atoms with E-state index in [0.717, 1.165) is 30.8 Å². The number of hydrogen-bond acceptors (Lipinski definition) is 3. The predicted octanol–water partition coefficient (Wildman–Crippen LogP) is 2.62. The highest BCUT2D eigenvalue weighted by Crippen LogP contribution is 2.20. The maximum absolute atomic E-state index is 10.4. The van der Waals surface area contributed by atoms with E-state index in [1.807, 2.05) is 31.2 Å². The fourth-order valence-electron chi connectivity index (χ4n) is 2.06. The minimum Gasteiger partial charge on any atom is -0.497 e. The number of methoxy groups -OCH3 is 1. The Morgan fingerprint density at radius 1 is 1.37 bits per heavy atom. The third-order valence-electron chi connectivity index (χ3n) is 3.11. The molecule has 0 aliphatic rings. The molecular formula is C16H27NO2. The van der Waals surface area contributed by atoms with Crippen molar-refractivity contribution < 1.29 is 9.84 Å². The van der Waals surface area contributed by atoms with Gasteiger partial charge in [0.2, 0.25) is 0 Å². The highest BCUT2D eigenvalue weighted by atomic mass is 16.5. The van der Waals surface area contributed by atoms with Crippen molar-refractivity contribution in [2.75, 3.05) is 20.2 Å². The van der Waals surface area contributed by atoms with E-state index in [0.29, 0.717) is 12.3 Å². The molecule has 1 atom stereocenters. The molecule has 0 saturated heterocycles. The monoisotopic (exact) mass is 265 g/mol. The summed E-state index contributed by atoms with van der Waals surface area (Å²) in [5.74, 6) is 1.48.